The summed E-state index contributed by atoms with van der Waals surface area (Å²) in [4.78, 5) is 40.0. The number of likely N-dealkylation sites (N-methyl/N-ethyl adjacent to an activating group) is 1. The van der Waals surface area contributed by atoms with Crippen LogP contribution in [0.15, 0.2) is 24.3 Å². The van der Waals surface area contributed by atoms with Crippen molar-refractivity contribution in [3.63, 3.8) is 0 Å². The van der Waals surface area contributed by atoms with Crippen LogP contribution in [-0.4, -0.2) is 69.4 Å². The molecule has 0 aromatic carbocycles. The number of carbonyl (C=O) groups excluding carboxylic acids is 2. The SMILES string of the molecule is CCCCCCCC/C=C/CCCCCCCCCC(=O)OC(/C=C/CCCCCCCCCCCCC)C(COP(=O)([O-])OCC[N+](C)(C)C)NC(=O)CCCCCCCCCCCCCCCCCCCCC. The number of quaternary nitrogens is 1. The van der Waals surface area contributed by atoms with Gasteiger partial charge in [-0.05, 0) is 57.4 Å². The number of rotatable bonds is 60. The summed E-state index contributed by atoms with van der Waals surface area (Å²) < 4.78 is 30.4. The number of hydrogen-bond donors (Lipinski definition) is 1. The van der Waals surface area contributed by atoms with Crippen LogP contribution in [0.4, 0.5) is 0 Å². The number of phosphoric ester groups is 1. The van der Waals surface area contributed by atoms with Gasteiger partial charge in [0, 0.05) is 12.8 Å². The predicted octanol–water partition coefficient (Wildman–Crippen LogP) is 19.5. The topological polar surface area (TPSA) is 114 Å². The second-order valence-corrected chi connectivity index (χ2v) is 25.0. The van der Waals surface area contributed by atoms with Crippen molar-refractivity contribution in [1.82, 2.24) is 5.32 Å². The first-order valence-corrected chi connectivity index (χ1v) is 34.1. The first-order valence-electron chi connectivity index (χ1n) is 32.6. The molecule has 0 fully saturated rings. The average Bonchev–Trinajstić information content (AvgIpc) is 3.37. The molecule has 1 amide bonds. The Hall–Kier alpha value is -1.51. The summed E-state index contributed by atoms with van der Waals surface area (Å²) >= 11 is 0. The highest BCUT2D eigenvalue weighted by Crippen LogP contribution is 2.38. The average molecular weight is 1080 g/mol. The van der Waals surface area contributed by atoms with Gasteiger partial charge in [0.05, 0.1) is 33.8 Å². The van der Waals surface area contributed by atoms with Crippen LogP contribution in [0.5, 0.6) is 0 Å². The van der Waals surface area contributed by atoms with E-state index in [1.54, 1.807) is 0 Å². The second-order valence-electron chi connectivity index (χ2n) is 23.6. The van der Waals surface area contributed by atoms with E-state index in [0.717, 1.165) is 64.2 Å². The summed E-state index contributed by atoms with van der Waals surface area (Å²) in [5, 5.41) is 3.04. The maximum atomic E-state index is 13.6. The summed E-state index contributed by atoms with van der Waals surface area (Å²) in [6.45, 7) is 6.89. The Balaban J connectivity index is 5.21. The first kappa shape index (κ1) is 73.5. The fourth-order valence-electron chi connectivity index (χ4n) is 9.81. The molecule has 444 valence electrons. The van der Waals surface area contributed by atoms with Gasteiger partial charge in [-0.25, -0.2) is 0 Å². The number of carbonyl (C=O) groups is 2. The van der Waals surface area contributed by atoms with Gasteiger partial charge in [-0.15, -0.1) is 0 Å². The fourth-order valence-corrected chi connectivity index (χ4v) is 10.5. The number of phosphoric acid groups is 1. The molecule has 0 saturated carbocycles. The van der Waals surface area contributed by atoms with E-state index in [9.17, 15) is 19.0 Å². The molecule has 0 aliphatic heterocycles. The van der Waals surface area contributed by atoms with Crippen LogP contribution in [-0.2, 0) is 27.9 Å². The van der Waals surface area contributed by atoms with E-state index in [1.807, 2.05) is 33.3 Å². The van der Waals surface area contributed by atoms with Crippen LogP contribution < -0.4 is 10.2 Å². The van der Waals surface area contributed by atoms with E-state index in [4.69, 9.17) is 13.8 Å². The molecule has 10 heteroatoms. The van der Waals surface area contributed by atoms with E-state index >= 15 is 0 Å². The fraction of sp³-hybridized carbons (Fsp3) is 0.908. The Kier molecular flexibility index (Phi) is 54.7. The van der Waals surface area contributed by atoms with Crippen LogP contribution in [0.25, 0.3) is 0 Å². The summed E-state index contributed by atoms with van der Waals surface area (Å²) in [6.07, 6.45) is 65.7. The Morgan fingerprint density at radius 2 is 0.773 bits per heavy atom. The van der Waals surface area contributed by atoms with Crippen molar-refractivity contribution in [3.05, 3.63) is 24.3 Å². The van der Waals surface area contributed by atoms with Crippen molar-refractivity contribution in [2.75, 3.05) is 40.9 Å². The van der Waals surface area contributed by atoms with Gasteiger partial charge in [-0.2, -0.15) is 0 Å². The van der Waals surface area contributed by atoms with Gasteiger partial charge in [-0.3, -0.25) is 14.2 Å². The molecule has 0 bridgehead atoms. The highest BCUT2D eigenvalue weighted by molar-refractivity contribution is 7.45. The van der Waals surface area contributed by atoms with Crippen molar-refractivity contribution in [1.29, 1.82) is 0 Å². The number of unbranched alkanes of at least 4 members (excludes halogenated alkanes) is 42. The summed E-state index contributed by atoms with van der Waals surface area (Å²) in [7, 11) is 1.20. The van der Waals surface area contributed by atoms with E-state index < -0.39 is 20.0 Å². The highest BCUT2D eigenvalue weighted by Gasteiger charge is 2.27. The molecule has 0 spiro atoms. The smallest absolute Gasteiger partial charge is 0.306 e. The molecule has 0 aromatic rings. The molecule has 3 unspecified atom stereocenters. The minimum absolute atomic E-state index is 0.0192. The lowest BCUT2D eigenvalue weighted by Gasteiger charge is -2.30. The number of nitrogens with one attached hydrogen (secondary N) is 1. The zero-order chi connectivity index (χ0) is 55.0. The van der Waals surface area contributed by atoms with Crippen LogP contribution in [0.2, 0.25) is 0 Å². The predicted molar refractivity (Wildman–Crippen MR) is 321 cm³/mol. The number of nitrogens with zero attached hydrogens (tertiary/aromatic N) is 1. The van der Waals surface area contributed by atoms with Crippen molar-refractivity contribution >= 4 is 19.7 Å². The third kappa shape index (κ3) is 57.0. The lowest BCUT2D eigenvalue weighted by Crippen LogP contribution is -2.47. The van der Waals surface area contributed by atoms with Gasteiger partial charge in [0.15, 0.2) is 0 Å². The van der Waals surface area contributed by atoms with Gasteiger partial charge in [0.2, 0.25) is 5.91 Å². The van der Waals surface area contributed by atoms with Gasteiger partial charge in [0.1, 0.15) is 19.3 Å². The monoisotopic (exact) mass is 1080 g/mol. The highest BCUT2D eigenvalue weighted by atomic mass is 31.2. The largest absolute Gasteiger partial charge is 0.756 e. The van der Waals surface area contributed by atoms with E-state index in [-0.39, 0.29) is 31.5 Å². The Morgan fingerprint density at radius 3 is 1.13 bits per heavy atom. The molecule has 1 N–H and O–H groups in total. The lowest BCUT2D eigenvalue weighted by atomic mass is 10.0. The summed E-state index contributed by atoms with van der Waals surface area (Å²) in [5.74, 6) is -0.527. The van der Waals surface area contributed by atoms with Crippen LogP contribution in [0.3, 0.4) is 0 Å². The third-order valence-corrected chi connectivity index (χ3v) is 15.8. The van der Waals surface area contributed by atoms with Gasteiger partial charge >= 0.3 is 5.97 Å². The van der Waals surface area contributed by atoms with Crippen LogP contribution >= 0.6 is 7.82 Å². The van der Waals surface area contributed by atoms with Gasteiger partial charge in [-0.1, -0.05) is 283 Å². The zero-order valence-electron chi connectivity index (χ0n) is 50.8. The number of allylic oxidation sites excluding steroid dienone is 3. The molecule has 75 heavy (non-hydrogen) atoms. The Morgan fingerprint density at radius 1 is 0.453 bits per heavy atom. The minimum Gasteiger partial charge on any atom is -0.756 e. The molecule has 3 atom stereocenters. The Bertz CT molecular complexity index is 1340. The van der Waals surface area contributed by atoms with Gasteiger partial charge in [0.25, 0.3) is 7.82 Å². The normalized spacial score (nSPS) is 13.7. The molecule has 0 aliphatic carbocycles. The molecule has 0 aliphatic rings. The molecule has 0 aromatic heterocycles. The number of esters is 1. The van der Waals surface area contributed by atoms with Gasteiger partial charge < -0.3 is 28.5 Å². The summed E-state index contributed by atoms with van der Waals surface area (Å²) in [6, 6.07) is -0.884. The second kappa shape index (κ2) is 55.8. The lowest BCUT2D eigenvalue weighted by molar-refractivity contribution is -0.870. The molecule has 0 rings (SSSR count). The quantitative estimate of drug-likeness (QED) is 0.0212. The number of hydrogen-bond acceptors (Lipinski definition) is 7. The molecular weight excluding hydrogens is 952 g/mol. The molecule has 0 saturated heterocycles. The van der Waals surface area contributed by atoms with Crippen molar-refractivity contribution in [2.24, 2.45) is 0 Å². The maximum absolute atomic E-state index is 13.6. The van der Waals surface area contributed by atoms with Crippen LogP contribution in [0, 0.1) is 0 Å². The zero-order valence-corrected chi connectivity index (χ0v) is 51.7. The van der Waals surface area contributed by atoms with Crippen molar-refractivity contribution in [3.8, 4) is 0 Å². The number of amides is 1. The Labute approximate surface area is 466 Å². The molecule has 0 radical (unpaired) electrons. The van der Waals surface area contributed by atoms with Crippen molar-refractivity contribution < 1.29 is 37.3 Å². The third-order valence-electron chi connectivity index (χ3n) is 14.9. The standard InChI is InChI=1S/C65H127N2O7P/c1-7-10-13-16-19-22-25-28-30-32-33-35-36-39-42-45-48-51-54-57-64(68)66-62(61-73-75(70,71)72-60-59-67(4,5)6)63(56-53-50-47-44-41-38-27-24-21-18-15-12-9-3)74-65(69)58-55-52-49-46-43-40-37-34-31-29-26-23-20-17-14-11-8-2/h29,31,53,56,62-63H,7-28,30,32-52,54-55,57-61H2,1-6H3,(H-,66,68,70,71)/b31-29+,56-53+. The van der Waals surface area contributed by atoms with E-state index in [0.29, 0.717) is 17.4 Å². The number of ether oxygens (including phenoxy) is 1. The minimum atomic E-state index is -4.70. The van der Waals surface area contributed by atoms with Crippen molar-refractivity contribution in [2.45, 2.75) is 341 Å². The molecular formula is C65H127N2O7P. The maximum Gasteiger partial charge on any atom is 0.306 e. The first-order chi connectivity index (χ1) is 36.4. The summed E-state index contributed by atoms with van der Waals surface area (Å²) in [5.41, 5.74) is 0. The molecule has 9 nitrogen and oxygen atoms in total. The van der Waals surface area contributed by atoms with E-state index in [2.05, 4.69) is 38.2 Å². The van der Waals surface area contributed by atoms with E-state index in [1.165, 1.54) is 231 Å². The van der Waals surface area contributed by atoms with Crippen LogP contribution in [0.1, 0.15) is 329 Å². The molecule has 0 heterocycles.